The fourth-order valence-corrected chi connectivity index (χ4v) is 2.56. The molecular formula is C17H18FN3O2. The van der Waals surface area contributed by atoms with Gasteiger partial charge < -0.3 is 15.4 Å². The number of anilines is 1. The van der Waals surface area contributed by atoms with Gasteiger partial charge >= 0.3 is 0 Å². The van der Waals surface area contributed by atoms with E-state index in [0.717, 1.165) is 5.56 Å². The van der Waals surface area contributed by atoms with Gasteiger partial charge in [-0.1, -0.05) is 12.1 Å². The van der Waals surface area contributed by atoms with Gasteiger partial charge in [0.1, 0.15) is 11.9 Å². The summed E-state index contributed by atoms with van der Waals surface area (Å²) in [6, 6.07) is 9.67. The number of ether oxygens (including phenoxy) is 1. The SMILES string of the molecule is Nc1ccc(CC(=O)N2CCOC(c3ccc(F)cc3)C2)nc1. The highest BCUT2D eigenvalue weighted by Crippen LogP contribution is 2.23. The van der Waals surface area contributed by atoms with Gasteiger partial charge in [0.25, 0.3) is 0 Å². The number of morpholine rings is 1. The van der Waals surface area contributed by atoms with E-state index in [9.17, 15) is 9.18 Å². The summed E-state index contributed by atoms with van der Waals surface area (Å²) >= 11 is 0. The van der Waals surface area contributed by atoms with E-state index in [-0.39, 0.29) is 24.2 Å². The maximum absolute atomic E-state index is 13.0. The second kappa shape index (κ2) is 6.75. The molecule has 2 heterocycles. The third-order valence-corrected chi connectivity index (χ3v) is 3.84. The minimum atomic E-state index is -0.285. The van der Waals surface area contributed by atoms with Gasteiger partial charge in [-0.2, -0.15) is 0 Å². The summed E-state index contributed by atoms with van der Waals surface area (Å²) in [6.45, 7) is 1.47. The van der Waals surface area contributed by atoms with E-state index in [2.05, 4.69) is 4.98 Å². The minimum Gasteiger partial charge on any atom is -0.397 e. The molecule has 0 saturated carbocycles. The lowest BCUT2D eigenvalue weighted by Gasteiger charge is -2.33. The number of nitrogens with zero attached hydrogens (tertiary/aromatic N) is 2. The number of hydrogen-bond acceptors (Lipinski definition) is 4. The van der Waals surface area contributed by atoms with Crippen LogP contribution in [0.15, 0.2) is 42.6 Å². The molecule has 0 spiro atoms. The van der Waals surface area contributed by atoms with Crippen LogP contribution in [0.1, 0.15) is 17.4 Å². The average molecular weight is 315 g/mol. The van der Waals surface area contributed by atoms with Gasteiger partial charge in [-0.25, -0.2) is 4.39 Å². The molecule has 23 heavy (non-hydrogen) atoms. The highest BCUT2D eigenvalue weighted by atomic mass is 19.1. The lowest BCUT2D eigenvalue weighted by molar-refractivity contribution is -0.138. The van der Waals surface area contributed by atoms with E-state index in [1.807, 2.05) is 0 Å². The molecule has 1 saturated heterocycles. The molecule has 2 N–H and O–H groups in total. The first-order valence-corrected chi connectivity index (χ1v) is 7.47. The van der Waals surface area contributed by atoms with E-state index in [0.29, 0.717) is 31.1 Å². The largest absolute Gasteiger partial charge is 0.397 e. The van der Waals surface area contributed by atoms with Crippen LogP contribution in [-0.2, 0) is 16.0 Å². The summed E-state index contributed by atoms with van der Waals surface area (Å²) in [6.07, 6.45) is 1.55. The maximum atomic E-state index is 13.0. The highest BCUT2D eigenvalue weighted by Gasteiger charge is 2.25. The number of pyridine rings is 1. The molecule has 6 heteroatoms. The van der Waals surface area contributed by atoms with Gasteiger partial charge in [-0.3, -0.25) is 9.78 Å². The van der Waals surface area contributed by atoms with Gasteiger partial charge in [0.2, 0.25) is 5.91 Å². The zero-order chi connectivity index (χ0) is 16.2. The number of nitrogen functional groups attached to an aromatic ring is 1. The summed E-state index contributed by atoms with van der Waals surface area (Å²) in [5.41, 5.74) is 7.72. The van der Waals surface area contributed by atoms with Crippen molar-refractivity contribution < 1.29 is 13.9 Å². The third-order valence-electron chi connectivity index (χ3n) is 3.84. The molecule has 0 bridgehead atoms. The first-order valence-electron chi connectivity index (χ1n) is 7.47. The smallest absolute Gasteiger partial charge is 0.228 e. The topological polar surface area (TPSA) is 68.5 Å². The van der Waals surface area contributed by atoms with Gasteiger partial charge in [-0.05, 0) is 29.8 Å². The van der Waals surface area contributed by atoms with Crippen LogP contribution in [-0.4, -0.2) is 35.5 Å². The Balaban J connectivity index is 1.64. The molecule has 1 unspecified atom stereocenters. The number of hydrogen-bond donors (Lipinski definition) is 1. The van der Waals surface area contributed by atoms with Crippen molar-refractivity contribution in [3.05, 3.63) is 59.7 Å². The molecule has 5 nitrogen and oxygen atoms in total. The molecular weight excluding hydrogens is 297 g/mol. The third kappa shape index (κ3) is 3.84. The molecule has 120 valence electrons. The summed E-state index contributed by atoms with van der Waals surface area (Å²) < 4.78 is 18.7. The van der Waals surface area contributed by atoms with Gasteiger partial charge in [-0.15, -0.1) is 0 Å². The first-order chi connectivity index (χ1) is 11.1. The first kappa shape index (κ1) is 15.4. The number of benzene rings is 1. The number of rotatable bonds is 3. The maximum Gasteiger partial charge on any atom is 0.228 e. The Hall–Kier alpha value is -2.47. The standard InChI is InChI=1S/C17H18FN3O2/c18-13-3-1-12(2-4-13)16-11-21(7-8-23-16)17(22)9-15-6-5-14(19)10-20-15/h1-6,10,16H,7-9,11,19H2. The minimum absolute atomic E-state index is 0.00215. The molecule has 1 aliphatic rings. The van der Waals surface area contributed by atoms with Gasteiger partial charge in [0, 0.05) is 12.2 Å². The Morgan fingerprint density at radius 3 is 2.78 bits per heavy atom. The van der Waals surface area contributed by atoms with Crippen molar-refractivity contribution in [1.82, 2.24) is 9.88 Å². The molecule has 3 rings (SSSR count). The van der Waals surface area contributed by atoms with Crippen molar-refractivity contribution in [3.63, 3.8) is 0 Å². The van der Waals surface area contributed by atoms with Crippen LogP contribution in [0.3, 0.4) is 0 Å². The lowest BCUT2D eigenvalue weighted by Crippen LogP contribution is -2.43. The normalized spacial score (nSPS) is 18.0. The second-order valence-electron chi connectivity index (χ2n) is 5.51. The number of aromatic nitrogens is 1. The number of amides is 1. The van der Waals surface area contributed by atoms with Gasteiger partial charge in [0.15, 0.2) is 0 Å². The van der Waals surface area contributed by atoms with Crippen LogP contribution >= 0.6 is 0 Å². The Bertz CT molecular complexity index is 673. The van der Waals surface area contributed by atoms with Crippen LogP contribution < -0.4 is 5.73 Å². The highest BCUT2D eigenvalue weighted by molar-refractivity contribution is 5.78. The monoisotopic (exact) mass is 315 g/mol. The van der Waals surface area contributed by atoms with Crippen molar-refractivity contribution in [2.45, 2.75) is 12.5 Å². The summed E-state index contributed by atoms with van der Waals surface area (Å²) in [5.74, 6) is -0.287. The molecule has 1 aromatic heterocycles. The van der Waals surface area contributed by atoms with Crippen molar-refractivity contribution in [2.24, 2.45) is 0 Å². The zero-order valence-corrected chi connectivity index (χ0v) is 12.6. The Labute approximate surface area is 133 Å². The number of carbonyl (C=O) groups is 1. The van der Waals surface area contributed by atoms with E-state index in [4.69, 9.17) is 10.5 Å². The Kier molecular flexibility index (Phi) is 4.52. The molecule has 1 fully saturated rings. The number of nitrogens with two attached hydrogens (primary N) is 1. The Morgan fingerprint density at radius 1 is 1.30 bits per heavy atom. The van der Waals surface area contributed by atoms with Crippen molar-refractivity contribution in [1.29, 1.82) is 0 Å². The van der Waals surface area contributed by atoms with Crippen molar-refractivity contribution >= 4 is 11.6 Å². The van der Waals surface area contributed by atoms with E-state index in [1.54, 1.807) is 35.4 Å². The summed E-state index contributed by atoms with van der Waals surface area (Å²) in [7, 11) is 0. The predicted octanol–water partition coefficient (Wildman–Crippen LogP) is 1.95. The van der Waals surface area contributed by atoms with Crippen molar-refractivity contribution in [2.75, 3.05) is 25.4 Å². The summed E-state index contributed by atoms with van der Waals surface area (Å²) in [4.78, 5) is 18.3. The zero-order valence-electron chi connectivity index (χ0n) is 12.6. The quantitative estimate of drug-likeness (QED) is 0.940. The molecule has 0 radical (unpaired) electrons. The molecule has 1 amide bonds. The Morgan fingerprint density at radius 2 is 2.09 bits per heavy atom. The predicted molar refractivity (Wildman–Crippen MR) is 84.0 cm³/mol. The average Bonchev–Trinajstić information content (AvgIpc) is 2.58. The lowest BCUT2D eigenvalue weighted by atomic mass is 10.1. The fourth-order valence-electron chi connectivity index (χ4n) is 2.56. The second-order valence-corrected chi connectivity index (χ2v) is 5.51. The van der Waals surface area contributed by atoms with E-state index >= 15 is 0 Å². The van der Waals surface area contributed by atoms with Crippen molar-refractivity contribution in [3.8, 4) is 0 Å². The van der Waals surface area contributed by atoms with Crippen LogP contribution in [0.5, 0.6) is 0 Å². The van der Waals surface area contributed by atoms with E-state index in [1.165, 1.54) is 12.1 Å². The van der Waals surface area contributed by atoms with Crippen LogP contribution in [0.4, 0.5) is 10.1 Å². The van der Waals surface area contributed by atoms with E-state index < -0.39 is 0 Å². The molecule has 1 aromatic carbocycles. The van der Waals surface area contributed by atoms with Crippen LogP contribution in [0.2, 0.25) is 0 Å². The molecule has 2 aromatic rings. The number of halogens is 1. The van der Waals surface area contributed by atoms with Crippen LogP contribution in [0.25, 0.3) is 0 Å². The van der Waals surface area contributed by atoms with Crippen LogP contribution in [0, 0.1) is 5.82 Å². The number of carbonyl (C=O) groups excluding carboxylic acids is 1. The molecule has 0 aliphatic carbocycles. The molecule has 1 aliphatic heterocycles. The molecule has 1 atom stereocenters. The fraction of sp³-hybridized carbons (Fsp3) is 0.294. The van der Waals surface area contributed by atoms with Gasteiger partial charge in [0.05, 0.1) is 31.5 Å². The summed E-state index contributed by atoms with van der Waals surface area (Å²) in [5, 5.41) is 0.